The average Bonchev–Trinajstić information content (AvgIpc) is 2.50. The van der Waals surface area contributed by atoms with Gasteiger partial charge < -0.3 is 4.85 Å². The molecule has 1 aromatic rings. The molecule has 1 aromatic heterocycles. The van der Waals surface area contributed by atoms with Crippen molar-refractivity contribution in [2.45, 2.75) is 13.0 Å². The summed E-state index contributed by atoms with van der Waals surface area (Å²) in [7, 11) is 0. The van der Waals surface area contributed by atoms with Crippen molar-refractivity contribution < 1.29 is 0 Å². The molecule has 0 radical (unpaired) electrons. The Hall–Kier alpha value is -1.56. The van der Waals surface area contributed by atoms with Gasteiger partial charge in [0.15, 0.2) is 0 Å². The molecule has 1 rings (SSSR count). The SMILES string of the molecule is [C-]#[N+]C(C)c1cnn(C=C)c1. The highest BCUT2D eigenvalue weighted by Gasteiger charge is 2.09. The lowest BCUT2D eigenvalue weighted by molar-refractivity contribution is 0.932. The first kappa shape index (κ1) is 7.55. The highest BCUT2D eigenvalue weighted by molar-refractivity contribution is 5.21. The highest BCUT2D eigenvalue weighted by atomic mass is 15.2. The van der Waals surface area contributed by atoms with Crippen molar-refractivity contribution in [1.82, 2.24) is 9.78 Å². The van der Waals surface area contributed by atoms with Gasteiger partial charge >= 0.3 is 0 Å². The maximum absolute atomic E-state index is 6.77. The molecule has 0 saturated heterocycles. The Morgan fingerprint density at radius 2 is 2.64 bits per heavy atom. The third kappa shape index (κ3) is 1.47. The van der Waals surface area contributed by atoms with Gasteiger partial charge in [0.1, 0.15) is 0 Å². The van der Waals surface area contributed by atoms with Gasteiger partial charge in [0.05, 0.1) is 11.8 Å². The van der Waals surface area contributed by atoms with E-state index in [9.17, 15) is 0 Å². The van der Waals surface area contributed by atoms with Gasteiger partial charge in [-0.15, -0.1) is 0 Å². The van der Waals surface area contributed by atoms with Crippen LogP contribution in [0.3, 0.4) is 0 Å². The topological polar surface area (TPSA) is 22.2 Å². The largest absolute Gasteiger partial charge is 0.309 e. The monoisotopic (exact) mass is 147 g/mol. The van der Waals surface area contributed by atoms with Crippen LogP contribution in [-0.4, -0.2) is 9.78 Å². The fourth-order valence-electron chi connectivity index (χ4n) is 0.743. The first-order valence-corrected chi connectivity index (χ1v) is 3.31. The van der Waals surface area contributed by atoms with E-state index in [2.05, 4.69) is 16.5 Å². The molecule has 0 spiro atoms. The molecule has 0 aliphatic carbocycles. The van der Waals surface area contributed by atoms with Crippen LogP contribution in [0.25, 0.3) is 11.0 Å². The van der Waals surface area contributed by atoms with Crippen LogP contribution in [0.1, 0.15) is 18.5 Å². The summed E-state index contributed by atoms with van der Waals surface area (Å²) in [4.78, 5) is 3.37. The van der Waals surface area contributed by atoms with Crippen LogP contribution >= 0.6 is 0 Å². The van der Waals surface area contributed by atoms with Crippen LogP contribution in [0, 0.1) is 6.57 Å². The lowest BCUT2D eigenvalue weighted by atomic mass is 10.2. The summed E-state index contributed by atoms with van der Waals surface area (Å²) in [5, 5.41) is 3.96. The minimum atomic E-state index is -0.108. The third-order valence-electron chi connectivity index (χ3n) is 1.48. The van der Waals surface area contributed by atoms with Gasteiger partial charge in [-0.05, 0) is 0 Å². The van der Waals surface area contributed by atoms with E-state index in [1.165, 1.54) is 0 Å². The first-order valence-electron chi connectivity index (χ1n) is 3.31. The van der Waals surface area contributed by atoms with Crippen LogP contribution in [0.2, 0.25) is 0 Å². The van der Waals surface area contributed by atoms with Gasteiger partial charge in [0, 0.05) is 19.3 Å². The van der Waals surface area contributed by atoms with Crippen LogP contribution in [0.4, 0.5) is 0 Å². The summed E-state index contributed by atoms with van der Waals surface area (Å²) < 4.78 is 1.59. The fourth-order valence-corrected chi connectivity index (χ4v) is 0.743. The van der Waals surface area contributed by atoms with Crippen molar-refractivity contribution in [3.63, 3.8) is 0 Å². The Morgan fingerprint density at radius 1 is 1.91 bits per heavy atom. The second-order valence-corrected chi connectivity index (χ2v) is 2.24. The molecule has 0 aromatic carbocycles. The molecule has 0 saturated carbocycles. The number of aromatic nitrogens is 2. The third-order valence-corrected chi connectivity index (χ3v) is 1.48. The van der Waals surface area contributed by atoms with Crippen LogP contribution < -0.4 is 0 Å². The Kier molecular flexibility index (Phi) is 2.07. The van der Waals surface area contributed by atoms with Gasteiger partial charge in [0.25, 0.3) is 0 Å². The van der Waals surface area contributed by atoms with E-state index in [0.717, 1.165) is 5.56 Å². The standard InChI is InChI=1S/C8H9N3/c1-4-11-6-8(5-10-11)7(2)9-3/h4-7H,1H2,2H3. The van der Waals surface area contributed by atoms with Crippen LogP contribution in [0.15, 0.2) is 19.0 Å². The quantitative estimate of drug-likeness (QED) is 0.586. The highest BCUT2D eigenvalue weighted by Crippen LogP contribution is 2.14. The van der Waals surface area contributed by atoms with Crippen molar-refractivity contribution in [3.8, 4) is 0 Å². The van der Waals surface area contributed by atoms with E-state index < -0.39 is 0 Å². The van der Waals surface area contributed by atoms with Crippen molar-refractivity contribution in [1.29, 1.82) is 0 Å². The predicted molar refractivity (Wildman–Crippen MR) is 43.6 cm³/mol. The molecule has 56 valence electrons. The fraction of sp³-hybridized carbons (Fsp3) is 0.250. The molecular formula is C8H9N3. The maximum Gasteiger partial charge on any atom is 0.249 e. The zero-order valence-electron chi connectivity index (χ0n) is 6.36. The van der Waals surface area contributed by atoms with E-state index in [1.54, 1.807) is 23.3 Å². The molecule has 0 fully saturated rings. The Labute approximate surface area is 65.8 Å². The number of nitrogens with zero attached hydrogens (tertiary/aromatic N) is 3. The molecule has 11 heavy (non-hydrogen) atoms. The number of hydrogen-bond donors (Lipinski definition) is 0. The molecule has 3 heteroatoms. The second-order valence-electron chi connectivity index (χ2n) is 2.24. The predicted octanol–water partition coefficient (Wildman–Crippen LogP) is 1.96. The first-order chi connectivity index (χ1) is 5.27. The Morgan fingerprint density at radius 3 is 3.09 bits per heavy atom. The Bertz CT molecular complexity index is 293. The molecule has 0 aliphatic heterocycles. The smallest absolute Gasteiger partial charge is 0.249 e. The zero-order valence-corrected chi connectivity index (χ0v) is 6.36. The summed E-state index contributed by atoms with van der Waals surface area (Å²) in [5.74, 6) is 0. The molecule has 0 amide bonds. The summed E-state index contributed by atoms with van der Waals surface area (Å²) in [6.07, 6.45) is 5.08. The molecular weight excluding hydrogens is 138 g/mol. The lowest BCUT2D eigenvalue weighted by Gasteiger charge is -1.90. The minimum Gasteiger partial charge on any atom is -0.309 e. The van der Waals surface area contributed by atoms with Gasteiger partial charge in [-0.25, -0.2) is 11.3 Å². The molecule has 0 aliphatic rings. The lowest BCUT2D eigenvalue weighted by Crippen LogP contribution is -1.84. The summed E-state index contributed by atoms with van der Waals surface area (Å²) in [6, 6.07) is -0.108. The number of hydrogen-bond acceptors (Lipinski definition) is 1. The van der Waals surface area contributed by atoms with E-state index >= 15 is 0 Å². The van der Waals surface area contributed by atoms with E-state index in [0.29, 0.717) is 0 Å². The van der Waals surface area contributed by atoms with E-state index in [4.69, 9.17) is 6.57 Å². The van der Waals surface area contributed by atoms with E-state index in [-0.39, 0.29) is 6.04 Å². The van der Waals surface area contributed by atoms with E-state index in [1.807, 2.05) is 6.92 Å². The summed E-state index contributed by atoms with van der Waals surface area (Å²) >= 11 is 0. The maximum atomic E-state index is 6.77. The summed E-state index contributed by atoms with van der Waals surface area (Å²) in [5.41, 5.74) is 0.930. The normalized spacial score (nSPS) is 12.0. The molecule has 0 N–H and O–H groups in total. The Balaban J connectivity index is 2.90. The molecule has 3 nitrogen and oxygen atoms in total. The molecule has 0 bridgehead atoms. The number of rotatable bonds is 2. The zero-order chi connectivity index (χ0) is 8.27. The van der Waals surface area contributed by atoms with Crippen LogP contribution in [0.5, 0.6) is 0 Å². The second kappa shape index (κ2) is 3.02. The van der Waals surface area contributed by atoms with Gasteiger partial charge in [-0.1, -0.05) is 6.58 Å². The van der Waals surface area contributed by atoms with Crippen molar-refractivity contribution in [3.05, 3.63) is 36.0 Å². The van der Waals surface area contributed by atoms with Gasteiger partial charge in [-0.2, -0.15) is 5.10 Å². The van der Waals surface area contributed by atoms with Gasteiger partial charge in [-0.3, -0.25) is 0 Å². The molecule has 1 unspecified atom stereocenters. The molecule has 1 atom stereocenters. The van der Waals surface area contributed by atoms with Crippen LogP contribution in [-0.2, 0) is 0 Å². The van der Waals surface area contributed by atoms with Crippen molar-refractivity contribution >= 4 is 6.20 Å². The molecule has 1 heterocycles. The van der Waals surface area contributed by atoms with Crippen molar-refractivity contribution in [2.24, 2.45) is 0 Å². The van der Waals surface area contributed by atoms with Crippen molar-refractivity contribution in [2.75, 3.05) is 0 Å². The van der Waals surface area contributed by atoms with Gasteiger partial charge in [0.2, 0.25) is 6.04 Å². The summed E-state index contributed by atoms with van der Waals surface area (Å²) in [6.45, 7) is 12.2. The average molecular weight is 147 g/mol. The minimum absolute atomic E-state index is 0.108.